The van der Waals surface area contributed by atoms with Crippen molar-refractivity contribution in [2.24, 2.45) is 0 Å². The zero-order valence-corrected chi connectivity index (χ0v) is 13.8. The maximum absolute atomic E-state index is 13.2. The topological polar surface area (TPSA) is 62.8 Å². The number of fused-ring (bicyclic) bond motifs is 1. The fourth-order valence-corrected chi connectivity index (χ4v) is 4.24. The predicted molar refractivity (Wildman–Crippen MR) is 93.4 cm³/mol. The highest BCUT2D eigenvalue weighted by atomic mass is 32.2. The Hall–Kier alpha value is -2.99. The lowest BCUT2D eigenvalue weighted by Crippen LogP contribution is -2.05. The van der Waals surface area contributed by atoms with Gasteiger partial charge in [0.15, 0.2) is 5.03 Å². The van der Waals surface area contributed by atoms with Crippen molar-refractivity contribution in [2.45, 2.75) is 9.92 Å². The van der Waals surface area contributed by atoms with E-state index in [9.17, 15) is 12.8 Å². The van der Waals surface area contributed by atoms with Gasteiger partial charge in [0.2, 0.25) is 9.84 Å². The number of sulfone groups is 1. The Morgan fingerprint density at radius 3 is 2.36 bits per heavy atom. The molecule has 1 N–H and O–H groups in total. The van der Waals surface area contributed by atoms with E-state index < -0.39 is 9.84 Å². The van der Waals surface area contributed by atoms with E-state index in [1.165, 1.54) is 18.3 Å². The van der Waals surface area contributed by atoms with E-state index in [4.69, 9.17) is 0 Å². The number of nitrogens with zero attached hydrogens (tertiary/aromatic N) is 1. The van der Waals surface area contributed by atoms with Gasteiger partial charge in [-0.1, -0.05) is 30.3 Å². The highest BCUT2D eigenvalue weighted by molar-refractivity contribution is 7.91. The number of aromatic nitrogens is 2. The molecular weight excluding hydrogens is 339 g/mol. The van der Waals surface area contributed by atoms with Gasteiger partial charge >= 0.3 is 0 Å². The number of benzene rings is 2. The predicted octanol–water partition coefficient (Wildman–Crippen LogP) is 4.20. The van der Waals surface area contributed by atoms with Gasteiger partial charge in [-0.2, -0.15) is 0 Å². The zero-order valence-electron chi connectivity index (χ0n) is 13.0. The van der Waals surface area contributed by atoms with Crippen LogP contribution in [0.4, 0.5) is 4.39 Å². The van der Waals surface area contributed by atoms with Gasteiger partial charge < -0.3 is 4.98 Å². The normalized spacial score (nSPS) is 11.7. The molecule has 0 saturated carbocycles. The summed E-state index contributed by atoms with van der Waals surface area (Å²) in [6.45, 7) is 0. The maximum Gasteiger partial charge on any atom is 0.224 e. The van der Waals surface area contributed by atoms with Gasteiger partial charge in [-0.25, -0.2) is 17.8 Å². The molecule has 0 aliphatic heterocycles. The van der Waals surface area contributed by atoms with Crippen molar-refractivity contribution < 1.29 is 12.8 Å². The molecule has 6 heteroatoms. The molecule has 0 fully saturated rings. The van der Waals surface area contributed by atoms with E-state index in [1.807, 2.05) is 0 Å². The third kappa shape index (κ3) is 2.60. The molecular formula is C19H13FN2O2S. The summed E-state index contributed by atoms with van der Waals surface area (Å²) in [5.41, 5.74) is 2.03. The van der Waals surface area contributed by atoms with Gasteiger partial charge in [0.1, 0.15) is 5.82 Å². The minimum atomic E-state index is -3.78. The lowest BCUT2D eigenvalue weighted by atomic mass is 10.1. The van der Waals surface area contributed by atoms with Crippen molar-refractivity contribution in [3.05, 3.63) is 78.9 Å². The van der Waals surface area contributed by atoms with Gasteiger partial charge in [0.25, 0.3) is 0 Å². The first-order valence-corrected chi connectivity index (χ1v) is 9.08. The Morgan fingerprint density at radius 2 is 1.64 bits per heavy atom. The molecule has 2 aromatic heterocycles. The molecule has 0 unspecified atom stereocenters. The summed E-state index contributed by atoms with van der Waals surface area (Å²) in [7, 11) is -3.78. The van der Waals surface area contributed by atoms with Gasteiger partial charge in [0.05, 0.1) is 10.4 Å². The van der Waals surface area contributed by atoms with Crippen LogP contribution in [0.25, 0.3) is 22.0 Å². The number of rotatable bonds is 3. The van der Waals surface area contributed by atoms with Crippen LogP contribution in [-0.2, 0) is 9.84 Å². The van der Waals surface area contributed by atoms with Crippen molar-refractivity contribution in [1.29, 1.82) is 0 Å². The van der Waals surface area contributed by atoms with Crippen molar-refractivity contribution in [3.63, 3.8) is 0 Å². The van der Waals surface area contributed by atoms with Gasteiger partial charge in [-0.05, 0) is 35.9 Å². The number of halogens is 1. The highest BCUT2D eigenvalue weighted by Crippen LogP contribution is 2.34. The van der Waals surface area contributed by atoms with Crippen LogP contribution < -0.4 is 0 Å². The second kappa shape index (κ2) is 5.82. The minimum Gasteiger partial charge on any atom is -0.360 e. The Labute approximate surface area is 143 Å². The minimum absolute atomic E-state index is 0.0169. The number of hydrogen-bond donors (Lipinski definition) is 1. The number of nitrogens with one attached hydrogen (secondary N) is 1. The van der Waals surface area contributed by atoms with Gasteiger partial charge in [-0.15, -0.1) is 0 Å². The first kappa shape index (κ1) is 15.5. The first-order valence-electron chi connectivity index (χ1n) is 7.59. The monoisotopic (exact) mass is 352 g/mol. The second-order valence-electron chi connectivity index (χ2n) is 5.56. The molecule has 0 aliphatic rings. The summed E-state index contributed by atoms with van der Waals surface area (Å²) in [6.07, 6.45) is 3.17. The Bertz CT molecular complexity index is 1150. The van der Waals surface area contributed by atoms with Crippen LogP contribution in [0.1, 0.15) is 0 Å². The molecule has 0 spiro atoms. The zero-order chi connectivity index (χ0) is 17.4. The number of hydrogen-bond acceptors (Lipinski definition) is 3. The molecule has 0 atom stereocenters. The van der Waals surface area contributed by atoms with Crippen molar-refractivity contribution in [3.8, 4) is 11.1 Å². The van der Waals surface area contributed by atoms with Crippen LogP contribution in [0.15, 0.2) is 83.0 Å². The summed E-state index contributed by atoms with van der Waals surface area (Å²) in [5, 5.41) is 0.481. The Balaban J connectivity index is 2.00. The third-order valence-corrected chi connectivity index (χ3v) is 5.73. The molecule has 4 rings (SSSR count). The van der Waals surface area contributed by atoms with E-state index in [0.717, 1.165) is 0 Å². The van der Waals surface area contributed by atoms with E-state index >= 15 is 0 Å². The molecule has 0 bridgehead atoms. The lowest BCUT2D eigenvalue weighted by Gasteiger charge is -2.07. The summed E-state index contributed by atoms with van der Waals surface area (Å²) in [4.78, 5) is 7.40. The van der Waals surface area contributed by atoms with Crippen LogP contribution in [0.3, 0.4) is 0 Å². The number of H-pyrrole nitrogens is 1. The van der Waals surface area contributed by atoms with Crippen molar-refractivity contribution in [2.75, 3.05) is 0 Å². The van der Waals surface area contributed by atoms with E-state index in [-0.39, 0.29) is 15.7 Å². The molecule has 124 valence electrons. The smallest absolute Gasteiger partial charge is 0.224 e. The highest BCUT2D eigenvalue weighted by Gasteiger charge is 2.24. The number of aromatic amines is 1. The fraction of sp³-hybridized carbons (Fsp3) is 0. The Morgan fingerprint density at radius 1 is 0.920 bits per heavy atom. The SMILES string of the molecule is O=S(=O)(c1ccccc1)c1nccc2[nH]cc(-c3ccc(F)cc3)c12. The molecule has 2 aromatic carbocycles. The quantitative estimate of drug-likeness (QED) is 0.601. The van der Waals surface area contributed by atoms with E-state index in [0.29, 0.717) is 22.0 Å². The molecule has 2 heterocycles. The van der Waals surface area contributed by atoms with Crippen LogP contribution in [0.5, 0.6) is 0 Å². The van der Waals surface area contributed by atoms with Crippen LogP contribution in [-0.4, -0.2) is 18.4 Å². The van der Waals surface area contributed by atoms with Crippen molar-refractivity contribution in [1.82, 2.24) is 9.97 Å². The van der Waals surface area contributed by atoms with Crippen molar-refractivity contribution >= 4 is 20.7 Å². The van der Waals surface area contributed by atoms with E-state index in [1.54, 1.807) is 54.7 Å². The van der Waals surface area contributed by atoms with Crippen LogP contribution >= 0.6 is 0 Å². The van der Waals surface area contributed by atoms with Crippen LogP contribution in [0.2, 0.25) is 0 Å². The maximum atomic E-state index is 13.2. The average Bonchev–Trinajstić information content (AvgIpc) is 3.07. The standard InChI is InChI=1S/C19H13FN2O2S/c20-14-8-6-13(7-9-14)16-12-22-17-10-11-21-19(18(16)17)25(23,24)15-4-2-1-3-5-15/h1-12,22H. The summed E-state index contributed by atoms with van der Waals surface area (Å²) >= 11 is 0. The first-order chi connectivity index (χ1) is 12.1. The third-order valence-electron chi connectivity index (χ3n) is 4.02. The molecule has 25 heavy (non-hydrogen) atoms. The lowest BCUT2D eigenvalue weighted by molar-refractivity contribution is 0.593. The second-order valence-corrected chi connectivity index (χ2v) is 7.43. The van der Waals surface area contributed by atoms with Gasteiger partial charge in [0, 0.05) is 23.3 Å². The van der Waals surface area contributed by atoms with Crippen LogP contribution in [0, 0.1) is 5.82 Å². The molecule has 4 nitrogen and oxygen atoms in total. The summed E-state index contributed by atoms with van der Waals surface area (Å²) in [6, 6.07) is 15.8. The fourth-order valence-electron chi connectivity index (χ4n) is 2.82. The average molecular weight is 352 g/mol. The molecule has 0 radical (unpaired) electrons. The molecule has 0 aliphatic carbocycles. The largest absolute Gasteiger partial charge is 0.360 e. The van der Waals surface area contributed by atoms with E-state index in [2.05, 4.69) is 9.97 Å². The summed E-state index contributed by atoms with van der Waals surface area (Å²) < 4.78 is 39.3. The Kier molecular flexibility index (Phi) is 3.62. The molecule has 0 saturated heterocycles. The van der Waals surface area contributed by atoms with Gasteiger partial charge in [-0.3, -0.25) is 0 Å². The summed E-state index contributed by atoms with van der Waals surface area (Å²) in [5.74, 6) is -0.348. The molecule has 4 aromatic rings. The molecule has 0 amide bonds. The number of pyridine rings is 1.